The summed E-state index contributed by atoms with van der Waals surface area (Å²) in [6.45, 7) is 3.87. The van der Waals surface area contributed by atoms with Crippen LogP contribution in [0.15, 0.2) is 54.1 Å². The van der Waals surface area contributed by atoms with Crippen molar-refractivity contribution in [2.45, 2.75) is 76.9 Å². The van der Waals surface area contributed by atoms with Crippen LogP contribution >= 0.6 is 0 Å². The molecule has 3 N–H and O–H groups in total. The summed E-state index contributed by atoms with van der Waals surface area (Å²) in [5.41, 5.74) is -0.842. The standard InChI is InChI=1S/C33H41NO7/c1-31-15-12-23(35)18-22(31)8-9-24-25-13-16-33(40,32(25,2)19-26(36)30(24)31)27(37)20-41-29(39)11-10-28(38)34-17-14-21-6-4-3-5-7-21/h3-7,12,15,18,24-26,30,36,40H,8-11,13-14,16-17,19-20H2,1-2H3,(H,34,38)/t24-,25+,26+,30+,31+,32+,33+/m1/s1. The molecule has 0 saturated heterocycles. The lowest BCUT2D eigenvalue weighted by molar-refractivity contribution is -0.181. The number of nitrogens with one attached hydrogen (secondary N) is 1. The van der Waals surface area contributed by atoms with Gasteiger partial charge in [0.05, 0.1) is 12.5 Å². The Morgan fingerprint density at radius 1 is 1.10 bits per heavy atom. The molecule has 8 nitrogen and oxygen atoms in total. The Morgan fingerprint density at radius 2 is 1.85 bits per heavy atom. The van der Waals surface area contributed by atoms with Crippen molar-refractivity contribution in [3.63, 3.8) is 0 Å². The van der Waals surface area contributed by atoms with Crippen LogP contribution in [0.3, 0.4) is 0 Å². The number of rotatable bonds is 9. The van der Waals surface area contributed by atoms with Gasteiger partial charge in [-0.1, -0.05) is 55.8 Å². The van der Waals surface area contributed by atoms with Gasteiger partial charge in [0.15, 0.2) is 12.4 Å². The lowest BCUT2D eigenvalue weighted by atomic mass is 9.46. The van der Waals surface area contributed by atoms with Crippen LogP contribution < -0.4 is 5.32 Å². The van der Waals surface area contributed by atoms with Crippen molar-refractivity contribution in [2.24, 2.45) is 28.6 Å². The normalized spacial score (nSPS) is 35.5. The Bertz CT molecular complexity index is 1270. The maximum Gasteiger partial charge on any atom is 0.306 e. The van der Waals surface area contributed by atoms with Gasteiger partial charge in [-0.15, -0.1) is 0 Å². The number of Topliss-reactive ketones (excluding diaryl/α,β-unsaturated/α-hetero) is 1. The van der Waals surface area contributed by atoms with Gasteiger partial charge in [0.2, 0.25) is 11.7 Å². The summed E-state index contributed by atoms with van der Waals surface area (Å²) in [6.07, 6.45) is 7.63. The summed E-state index contributed by atoms with van der Waals surface area (Å²) >= 11 is 0. The first kappa shape index (κ1) is 29.4. The number of aliphatic hydroxyl groups excluding tert-OH is 1. The number of hydrogen-bond acceptors (Lipinski definition) is 7. The number of allylic oxidation sites excluding steroid dienone is 4. The van der Waals surface area contributed by atoms with Crippen LogP contribution in [0, 0.1) is 28.6 Å². The minimum atomic E-state index is -1.71. The van der Waals surface area contributed by atoms with Crippen molar-refractivity contribution in [1.82, 2.24) is 5.32 Å². The maximum absolute atomic E-state index is 13.4. The molecule has 3 fully saturated rings. The Balaban J connectivity index is 1.15. The smallest absolute Gasteiger partial charge is 0.306 e. The van der Waals surface area contributed by atoms with Crippen LogP contribution in [-0.4, -0.2) is 58.5 Å². The van der Waals surface area contributed by atoms with Gasteiger partial charge in [-0.25, -0.2) is 0 Å². The number of carbonyl (C=O) groups excluding carboxylic acids is 4. The van der Waals surface area contributed by atoms with Gasteiger partial charge in [0.25, 0.3) is 0 Å². The van der Waals surface area contributed by atoms with E-state index in [-0.39, 0.29) is 55.1 Å². The van der Waals surface area contributed by atoms with Gasteiger partial charge >= 0.3 is 5.97 Å². The third kappa shape index (κ3) is 5.32. The predicted octanol–water partition coefficient (Wildman–Crippen LogP) is 3.25. The third-order valence-corrected chi connectivity index (χ3v) is 10.6. The molecule has 1 aromatic rings. The number of hydrogen-bond donors (Lipinski definition) is 3. The third-order valence-electron chi connectivity index (χ3n) is 10.6. The van der Waals surface area contributed by atoms with Gasteiger partial charge in [-0.05, 0) is 68.1 Å². The zero-order valence-electron chi connectivity index (χ0n) is 23.9. The van der Waals surface area contributed by atoms with Crippen molar-refractivity contribution in [3.8, 4) is 0 Å². The molecule has 0 aromatic heterocycles. The quantitative estimate of drug-likeness (QED) is 0.393. The van der Waals surface area contributed by atoms with Crippen LogP contribution in [0.25, 0.3) is 0 Å². The molecule has 4 aliphatic rings. The van der Waals surface area contributed by atoms with Gasteiger partial charge in [-0.3, -0.25) is 19.2 Å². The van der Waals surface area contributed by atoms with Gasteiger partial charge in [-0.2, -0.15) is 0 Å². The fraction of sp³-hybridized carbons (Fsp3) is 0.576. The first-order chi connectivity index (χ1) is 19.5. The van der Waals surface area contributed by atoms with Crippen LogP contribution in [0.1, 0.15) is 64.4 Å². The molecule has 3 saturated carbocycles. The van der Waals surface area contributed by atoms with E-state index in [9.17, 15) is 29.4 Å². The predicted molar refractivity (Wildman–Crippen MR) is 151 cm³/mol. The second-order valence-electron chi connectivity index (χ2n) is 12.8. The first-order valence-corrected chi connectivity index (χ1v) is 14.8. The summed E-state index contributed by atoms with van der Waals surface area (Å²) in [5, 5.41) is 26.1. The van der Waals surface area contributed by atoms with Crippen molar-refractivity contribution in [1.29, 1.82) is 0 Å². The highest BCUT2D eigenvalue weighted by atomic mass is 16.5. The molecule has 0 unspecified atom stereocenters. The molecule has 4 aliphatic carbocycles. The van der Waals surface area contributed by atoms with Gasteiger partial charge < -0.3 is 20.3 Å². The lowest BCUT2D eigenvalue weighted by Crippen LogP contribution is -2.61. The van der Waals surface area contributed by atoms with E-state index in [2.05, 4.69) is 12.2 Å². The average molecular weight is 564 g/mol. The van der Waals surface area contributed by atoms with E-state index < -0.39 is 40.9 Å². The minimum absolute atomic E-state index is 0.0181. The molecule has 0 heterocycles. The molecule has 1 amide bonds. The molecule has 8 heteroatoms. The van der Waals surface area contributed by atoms with Gasteiger partial charge in [0, 0.05) is 29.7 Å². The van der Waals surface area contributed by atoms with E-state index in [1.165, 1.54) is 0 Å². The average Bonchev–Trinajstić information content (AvgIpc) is 3.22. The van der Waals surface area contributed by atoms with E-state index in [1.807, 2.05) is 43.3 Å². The first-order valence-electron chi connectivity index (χ1n) is 14.8. The van der Waals surface area contributed by atoms with Gasteiger partial charge in [0.1, 0.15) is 5.60 Å². The number of fused-ring (bicyclic) bond motifs is 5. The Hall–Kier alpha value is -3.10. The summed E-state index contributed by atoms with van der Waals surface area (Å²) < 4.78 is 5.22. The molecule has 1 aromatic carbocycles. The highest BCUT2D eigenvalue weighted by Gasteiger charge is 2.68. The van der Waals surface area contributed by atoms with Crippen LogP contribution in [0.5, 0.6) is 0 Å². The Labute approximate surface area is 241 Å². The molecule has 41 heavy (non-hydrogen) atoms. The highest BCUT2D eigenvalue weighted by Crippen LogP contribution is 2.67. The summed E-state index contributed by atoms with van der Waals surface area (Å²) in [6, 6.07) is 9.76. The molecule has 5 rings (SSSR count). The number of aliphatic hydroxyl groups is 2. The van der Waals surface area contributed by atoms with Crippen LogP contribution in [0.4, 0.5) is 0 Å². The van der Waals surface area contributed by atoms with Crippen LogP contribution in [-0.2, 0) is 30.3 Å². The largest absolute Gasteiger partial charge is 0.458 e. The van der Waals surface area contributed by atoms with E-state index in [4.69, 9.17) is 4.74 Å². The number of amides is 1. The van der Waals surface area contributed by atoms with Crippen molar-refractivity contribution in [2.75, 3.05) is 13.2 Å². The highest BCUT2D eigenvalue weighted by molar-refractivity contribution is 6.01. The van der Waals surface area contributed by atoms with Crippen molar-refractivity contribution in [3.05, 3.63) is 59.7 Å². The maximum atomic E-state index is 13.4. The van der Waals surface area contributed by atoms with Crippen molar-refractivity contribution < 1.29 is 34.1 Å². The number of esters is 1. The van der Waals surface area contributed by atoms with E-state index in [1.54, 1.807) is 12.2 Å². The van der Waals surface area contributed by atoms with E-state index in [0.29, 0.717) is 19.4 Å². The minimum Gasteiger partial charge on any atom is -0.458 e. The molecular weight excluding hydrogens is 522 g/mol. The molecule has 0 radical (unpaired) electrons. The molecule has 0 bridgehead atoms. The fourth-order valence-electron chi connectivity index (χ4n) is 8.42. The zero-order chi connectivity index (χ0) is 29.4. The second kappa shape index (κ2) is 11.3. The topological polar surface area (TPSA) is 130 Å². The van der Waals surface area contributed by atoms with Crippen molar-refractivity contribution >= 4 is 23.4 Å². The fourth-order valence-corrected chi connectivity index (χ4v) is 8.42. The van der Waals surface area contributed by atoms with E-state index in [0.717, 1.165) is 24.0 Å². The van der Waals surface area contributed by atoms with E-state index >= 15 is 0 Å². The summed E-state index contributed by atoms with van der Waals surface area (Å²) in [5.74, 6) is -1.50. The lowest BCUT2D eigenvalue weighted by Gasteiger charge is -2.59. The SMILES string of the molecule is C[C@]12C=CC(=O)C=C1CC[C@H]1[C@H]2[C@@H](O)C[C@@]2(C)[C@H]1CC[C@]2(O)C(=O)COC(=O)CCC(=O)NCCc1ccccc1. The number of benzene rings is 1. The monoisotopic (exact) mass is 563 g/mol. The Kier molecular flexibility index (Phi) is 8.09. The Morgan fingerprint density at radius 3 is 2.61 bits per heavy atom. The molecule has 0 aliphatic heterocycles. The molecule has 0 spiro atoms. The second-order valence-corrected chi connectivity index (χ2v) is 12.8. The summed E-state index contributed by atoms with van der Waals surface area (Å²) in [4.78, 5) is 49.9. The number of ether oxygens (including phenoxy) is 1. The van der Waals surface area contributed by atoms with Crippen LogP contribution in [0.2, 0.25) is 0 Å². The number of ketones is 2. The summed E-state index contributed by atoms with van der Waals surface area (Å²) in [7, 11) is 0. The number of carbonyl (C=O) groups is 4. The molecule has 220 valence electrons. The molecular formula is C33H41NO7. The zero-order valence-corrected chi connectivity index (χ0v) is 23.9. The molecule has 7 atom stereocenters.